The number of rotatable bonds is 6. The number of fused-ring (bicyclic) bond motifs is 1. The molecule has 34 heavy (non-hydrogen) atoms. The first kappa shape index (κ1) is 23.1. The van der Waals surface area contributed by atoms with Crippen LogP contribution in [0.1, 0.15) is 58.6 Å². The molecule has 2 saturated heterocycles. The van der Waals surface area contributed by atoms with Crippen LogP contribution in [0.4, 0.5) is 4.39 Å². The topological polar surface area (TPSA) is 54.5 Å². The van der Waals surface area contributed by atoms with Gasteiger partial charge in [-0.3, -0.25) is 4.79 Å². The number of amides is 1. The lowest BCUT2D eigenvalue weighted by molar-refractivity contribution is 0.0714. The van der Waals surface area contributed by atoms with Crippen LogP contribution in [-0.2, 0) is 13.1 Å². The number of likely N-dealkylation sites (tertiary alicyclic amines) is 2. The van der Waals surface area contributed by atoms with E-state index in [1.54, 1.807) is 6.07 Å². The lowest BCUT2D eigenvalue weighted by Crippen LogP contribution is -2.38. The Morgan fingerprint density at radius 3 is 2.56 bits per heavy atom. The van der Waals surface area contributed by atoms with Gasteiger partial charge in [-0.15, -0.1) is 0 Å². The van der Waals surface area contributed by atoms with Crippen LogP contribution >= 0.6 is 0 Å². The van der Waals surface area contributed by atoms with E-state index < -0.39 is 0 Å². The molecule has 1 amide bonds. The van der Waals surface area contributed by atoms with Crippen molar-refractivity contribution in [2.75, 3.05) is 32.7 Å². The molecule has 5 nitrogen and oxygen atoms in total. The minimum Gasteiger partial charge on any atom is -0.345 e. The van der Waals surface area contributed by atoms with Crippen molar-refractivity contribution in [3.05, 3.63) is 70.7 Å². The minimum atomic E-state index is -0.168. The number of piperidine rings is 1. The smallest absolute Gasteiger partial charge is 0.256 e. The molecule has 6 heteroatoms. The van der Waals surface area contributed by atoms with Crippen LogP contribution in [-0.4, -0.2) is 53.0 Å². The van der Waals surface area contributed by atoms with Gasteiger partial charge >= 0.3 is 0 Å². The quantitative estimate of drug-likeness (QED) is 0.580. The fourth-order valence-corrected chi connectivity index (χ4v) is 5.75. The first-order valence-electron chi connectivity index (χ1n) is 12.6. The maximum absolute atomic E-state index is 14.5. The molecule has 3 aromatic rings. The molecule has 0 saturated carbocycles. The molecule has 0 unspecified atom stereocenters. The van der Waals surface area contributed by atoms with E-state index in [-0.39, 0.29) is 17.6 Å². The monoisotopic (exact) mass is 462 g/mol. The number of para-hydroxylation sites is 1. The third kappa shape index (κ3) is 4.49. The molecule has 0 radical (unpaired) electrons. The zero-order valence-electron chi connectivity index (χ0n) is 20.1. The Kier molecular flexibility index (Phi) is 6.70. The summed E-state index contributed by atoms with van der Waals surface area (Å²) in [6.45, 7) is 8.08. The number of benzene rings is 2. The molecular formula is C28H35FN4O. The average Bonchev–Trinajstić information content (AvgIpc) is 3.51. The van der Waals surface area contributed by atoms with Crippen molar-refractivity contribution in [2.24, 2.45) is 5.73 Å². The van der Waals surface area contributed by atoms with Gasteiger partial charge in [-0.25, -0.2) is 4.39 Å². The summed E-state index contributed by atoms with van der Waals surface area (Å²) in [5.41, 5.74) is 10.6. The van der Waals surface area contributed by atoms with Crippen molar-refractivity contribution in [1.82, 2.24) is 14.4 Å². The molecule has 0 aliphatic carbocycles. The molecule has 0 spiro atoms. The first-order chi connectivity index (χ1) is 16.5. The van der Waals surface area contributed by atoms with Crippen LogP contribution < -0.4 is 5.73 Å². The molecule has 3 heterocycles. The third-order valence-corrected chi connectivity index (χ3v) is 7.70. The Labute approximate surface area is 201 Å². The van der Waals surface area contributed by atoms with Crippen LogP contribution in [0.2, 0.25) is 0 Å². The highest BCUT2D eigenvalue weighted by atomic mass is 19.1. The summed E-state index contributed by atoms with van der Waals surface area (Å²) in [6, 6.07) is 11.4. The number of hydrogen-bond acceptors (Lipinski definition) is 3. The molecule has 0 bridgehead atoms. The predicted octanol–water partition coefficient (Wildman–Crippen LogP) is 4.66. The minimum absolute atomic E-state index is 0.0881. The number of nitrogens with two attached hydrogens (primary N) is 1. The van der Waals surface area contributed by atoms with Gasteiger partial charge in [0.05, 0.1) is 11.1 Å². The fraction of sp³-hybridized carbons (Fsp3) is 0.464. The maximum Gasteiger partial charge on any atom is 0.256 e. The zero-order valence-corrected chi connectivity index (χ0v) is 20.1. The Morgan fingerprint density at radius 1 is 1.06 bits per heavy atom. The van der Waals surface area contributed by atoms with Gasteiger partial charge in [0.1, 0.15) is 5.82 Å². The molecule has 2 N–H and O–H groups in total. The van der Waals surface area contributed by atoms with E-state index in [1.807, 2.05) is 17.0 Å². The van der Waals surface area contributed by atoms with E-state index in [1.165, 1.54) is 43.1 Å². The largest absolute Gasteiger partial charge is 0.345 e. The van der Waals surface area contributed by atoms with Crippen LogP contribution in [0.15, 0.2) is 42.6 Å². The van der Waals surface area contributed by atoms with Gasteiger partial charge in [0.2, 0.25) is 0 Å². The van der Waals surface area contributed by atoms with Gasteiger partial charge in [0.25, 0.3) is 5.91 Å². The number of hydrogen-bond donors (Lipinski definition) is 1. The van der Waals surface area contributed by atoms with Crippen molar-refractivity contribution in [3.8, 4) is 0 Å². The van der Waals surface area contributed by atoms with E-state index in [0.29, 0.717) is 19.6 Å². The first-order valence-corrected chi connectivity index (χ1v) is 12.6. The van der Waals surface area contributed by atoms with Gasteiger partial charge in [0.15, 0.2) is 0 Å². The van der Waals surface area contributed by atoms with E-state index >= 15 is 0 Å². The van der Waals surface area contributed by atoms with Gasteiger partial charge in [-0.2, -0.15) is 0 Å². The number of carbonyl (C=O) groups is 1. The van der Waals surface area contributed by atoms with Crippen LogP contribution in [0.25, 0.3) is 10.9 Å². The summed E-state index contributed by atoms with van der Waals surface area (Å²) in [7, 11) is 0. The summed E-state index contributed by atoms with van der Waals surface area (Å²) in [5.74, 6) is 0.0447. The number of carbonyl (C=O) groups excluding carboxylic acids is 1. The summed E-state index contributed by atoms with van der Waals surface area (Å²) in [6.07, 6.45) is 6.16. The second-order valence-corrected chi connectivity index (χ2v) is 9.88. The van der Waals surface area contributed by atoms with Crippen LogP contribution in [0.3, 0.4) is 0 Å². The average molecular weight is 463 g/mol. The summed E-state index contributed by atoms with van der Waals surface area (Å²) < 4.78 is 16.8. The highest BCUT2D eigenvalue weighted by molar-refractivity contribution is 6.07. The normalized spacial score (nSPS) is 17.7. The van der Waals surface area contributed by atoms with Gasteiger partial charge < -0.3 is 20.1 Å². The highest BCUT2D eigenvalue weighted by Gasteiger charge is 2.28. The SMILES string of the molecule is Cc1cccc2c(C(=O)N3CCC(c4cc(CN)ccc4F)CC3)cn(CCN3CCCC3)c12. The Morgan fingerprint density at radius 2 is 1.82 bits per heavy atom. The maximum atomic E-state index is 14.5. The second-order valence-electron chi connectivity index (χ2n) is 9.88. The van der Waals surface area contributed by atoms with E-state index in [2.05, 4.69) is 34.7 Å². The number of nitrogens with zero attached hydrogens (tertiary/aromatic N) is 3. The predicted molar refractivity (Wildman–Crippen MR) is 135 cm³/mol. The number of aryl methyl sites for hydroxylation is 1. The molecule has 0 atom stereocenters. The van der Waals surface area contributed by atoms with Crippen molar-refractivity contribution >= 4 is 16.8 Å². The lowest BCUT2D eigenvalue weighted by atomic mass is 9.88. The Bertz CT molecular complexity index is 1170. The second kappa shape index (κ2) is 9.88. The van der Waals surface area contributed by atoms with Crippen molar-refractivity contribution in [3.63, 3.8) is 0 Å². The number of halogens is 1. The zero-order chi connectivity index (χ0) is 23.7. The highest BCUT2D eigenvalue weighted by Crippen LogP contribution is 2.32. The van der Waals surface area contributed by atoms with Gasteiger partial charge in [0, 0.05) is 44.3 Å². The van der Waals surface area contributed by atoms with Crippen molar-refractivity contribution in [2.45, 2.75) is 51.6 Å². The summed E-state index contributed by atoms with van der Waals surface area (Å²) in [5, 5.41) is 1.04. The van der Waals surface area contributed by atoms with Gasteiger partial charge in [-0.05, 0) is 74.4 Å². The summed E-state index contributed by atoms with van der Waals surface area (Å²) >= 11 is 0. The molecule has 180 valence electrons. The molecule has 2 aliphatic rings. The molecule has 2 aromatic carbocycles. The molecule has 2 fully saturated rings. The van der Waals surface area contributed by atoms with E-state index in [4.69, 9.17) is 5.73 Å². The van der Waals surface area contributed by atoms with Gasteiger partial charge in [-0.1, -0.05) is 30.3 Å². The molecular weight excluding hydrogens is 427 g/mol. The van der Waals surface area contributed by atoms with Crippen LogP contribution in [0, 0.1) is 12.7 Å². The van der Waals surface area contributed by atoms with E-state index in [0.717, 1.165) is 48.0 Å². The van der Waals surface area contributed by atoms with Crippen LogP contribution in [0.5, 0.6) is 0 Å². The lowest BCUT2D eigenvalue weighted by Gasteiger charge is -2.32. The van der Waals surface area contributed by atoms with Crippen molar-refractivity contribution in [1.29, 1.82) is 0 Å². The molecule has 2 aliphatic heterocycles. The molecule has 1 aromatic heterocycles. The third-order valence-electron chi connectivity index (χ3n) is 7.70. The fourth-order valence-electron chi connectivity index (χ4n) is 5.75. The standard InChI is InChI=1S/C28H35FN4O/c1-20-5-4-6-23-25(19-33(27(20)23)16-15-31-11-2-3-12-31)28(34)32-13-9-22(10-14-32)24-17-21(18-30)7-8-26(24)29/h4-8,17,19,22H,2-3,9-16,18,30H2,1H3. The van der Waals surface area contributed by atoms with Crippen molar-refractivity contribution < 1.29 is 9.18 Å². The molecule has 5 rings (SSSR count). The number of aromatic nitrogens is 1. The summed E-state index contributed by atoms with van der Waals surface area (Å²) in [4.78, 5) is 18.1. The van der Waals surface area contributed by atoms with E-state index in [9.17, 15) is 9.18 Å². The Hall–Kier alpha value is -2.70. The Balaban J connectivity index is 1.33.